The molecule has 0 atom stereocenters. The van der Waals surface area contributed by atoms with E-state index in [2.05, 4.69) is 0 Å². The van der Waals surface area contributed by atoms with Gasteiger partial charge in [0, 0.05) is 0 Å². The molecule has 0 aliphatic rings. The van der Waals surface area contributed by atoms with Crippen LogP contribution in [0.25, 0.3) is 0 Å². The van der Waals surface area contributed by atoms with Gasteiger partial charge in [-0.05, 0) is 0 Å². The van der Waals surface area contributed by atoms with Crippen LogP contribution in [0.3, 0.4) is 0 Å². The Morgan fingerprint density at radius 2 is 3.00 bits per heavy atom. The van der Waals surface area contributed by atoms with Gasteiger partial charge in [0.1, 0.15) is 2.82 Å². The van der Waals surface area contributed by atoms with Crippen LogP contribution in [-0.2, 0) is 4.79 Å². The number of carbonyl (C=O) groups is 1. The van der Waals surface area contributed by atoms with Crippen LogP contribution < -0.4 is 5.72 Å². The van der Waals surface area contributed by atoms with Gasteiger partial charge in [0.05, 0.1) is 6.54 Å². The molecule has 0 aromatic carbocycles. The van der Waals surface area contributed by atoms with Crippen molar-refractivity contribution in [2.45, 2.75) is 0 Å². The highest BCUT2D eigenvalue weighted by molar-refractivity contribution is 5.68. The summed E-state index contributed by atoms with van der Waals surface area (Å²) in [7, 11) is 0. The Bertz CT molecular complexity index is 74.1. The smallest absolute Gasteiger partial charge is 0.317 e. The second-order valence-electron chi connectivity index (χ2n) is 0.552. The third kappa shape index (κ3) is 3.43. The van der Waals surface area contributed by atoms with E-state index in [1.165, 1.54) is 0 Å². The van der Waals surface area contributed by atoms with E-state index in [0.717, 1.165) is 0 Å². The van der Waals surface area contributed by atoms with Crippen LogP contribution in [0.2, 0.25) is 2.82 Å². The van der Waals surface area contributed by atoms with Gasteiger partial charge in [-0.2, -0.15) is 0 Å². The van der Waals surface area contributed by atoms with Crippen molar-refractivity contribution in [3.8, 4) is 0 Å². The Morgan fingerprint density at radius 3 is 3.00 bits per heavy atom. The van der Waals surface area contributed by atoms with Crippen LogP contribution in [0.5, 0.6) is 0 Å². The summed E-state index contributed by atoms with van der Waals surface area (Å²) in [5.41, 5.74) is 0.0995. The standard InChI is InChI=1S/C2H5NO2/c3-1-2(4)5/h1,3H2,(H,4,5)/i/hT2. The molecule has 0 saturated carbocycles. The maximum absolute atomic E-state index is 9.53. The van der Waals surface area contributed by atoms with Crippen molar-refractivity contribution in [1.29, 1.82) is 0 Å². The highest BCUT2D eigenvalue weighted by Crippen LogP contribution is 1.43. The van der Waals surface area contributed by atoms with E-state index in [1.807, 2.05) is 0 Å². The average molecular weight is 79.1 g/mol. The minimum atomic E-state index is -1.16. The van der Waals surface area contributed by atoms with Crippen LogP contribution in [0.4, 0.5) is 0 Å². The molecule has 0 spiro atoms. The number of hydrogen-bond donors (Lipinski definition) is 2. The van der Waals surface area contributed by atoms with E-state index in [1.54, 1.807) is 0 Å². The third-order valence-corrected chi connectivity index (χ3v) is 0.135. The number of aliphatic carboxylic acids is 1. The largest absolute Gasteiger partial charge is 0.480 e. The van der Waals surface area contributed by atoms with Gasteiger partial charge in [0.25, 0.3) is 0 Å². The van der Waals surface area contributed by atoms with Gasteiger partial charge < -0.3 is 10.8 Å². The summed E-state index contributed by atoms with van der Waals surface area (Å²) in [6, 6.07) is 0. The molecule has 0 bridgehead atoms. The average Bonchev–Trinajstić information content (AvgIpc) is 1.27. The van der Waals surface area contributed by atoms with E-state index in [-0.39, 0.29) is 5.72 Å². The molecule has 0 heterocycles. The van der Waals surface area contributed by atoms with Gasteiger partial charge in [-0.3, -0.25) is 4.79 Å². The molecule has 0 aliphatic heterocycles. The van der Waals surface area contributed by atoms with Gasteiger partial charge in [0.15, 0.2) is 0 Å². The molecule has 0 amide bonds. The van der Waals surface area contributed by atoms with Crippen molar-refractivity contribution in [3.63, 3.8) is 0 Å². The lowest BCUT2D eigenvalue weighted by atomic mass is 10.7. The molecule has 3 N–H and O–H groups in total. The molecule has 0 radical (unpaired) electrons. The van der Waals surface area contributed by atoms with Crippen LogP contribution >= 0.6 is 0 Å². The SMILES string of the molecule is [3H]N([3H])CC(=O)O. The quantitative estimate of drug-likeness (QED) is 0.447. The Balaban J connectivity index is 3.13. The molecule has 0 rings (SSSR count). The predicted molar refractivity (Wildman–Crippen MR) is 16.7 cm³/mol. The van der Waals surface area contributed by atoms with Gasteiger partial charge in [0.2, 0.25) is 0 Å². The summed E-state index contributed by atoms with van der Waals surface area (Å²) >= 11 is 0. The van der Waals surface area contributed by atoms with Crippen LogP contribution in [0.1, 0.15) is 0 Å². The minimum Gasteiger partial charge on any atom is -0.480 e. The topological polar surface area (TPSA) is 63.3 Å². The molecule has 0 unspecified atom stereocenters. The summed E-state index contributed by atoms with van der Waals surface area (Å²) in [6.07, 6.45) is 0. The summed E-state index contributed by atoms with van der Waals surface area (Å²) in [5, 5.41) is 7.80. The van der Waals surface area contributed by atoms with Crippen LogP contribution in [0, 0.1) is 0 Å². The summed E-state index contributed by atoms with van der Waals surface area (Å²) in [4.78, 5) is 9.53. The molecule has 0 saturated heterocycles. The van der Waals surface area contributed by atoms with Crippen molar-refractivity contribution in [1.82, 2.24) is 0 Å². The zero-order chi connectivity index (χ0) is 5.86. The second-order valence-corrected chi connectivity index (χ2v) is 0.552. The molecule has 3 heteroatoms. The Labute approximate surface area is 32.3 Å². The Hall–Kier alpha value is -0.570. The van der Waals surface area contributed by atoms with Crippen molar-refractivity contribution < 1.29 is 12.7 Å². The Morgan fingerprint density at radius 1 is 2.40 bits per heavy atom. The molecule has 30 valence electrons. The fourth-order valence-electron chi connectivity index (χ4n) is 0. The molecular weight excluding hydrogens is 70.0 g/mol. The highest BCUT2D eigenvalue weighted by atomic mass is 16.4. The van der Waals surface area contributed by atoms with Gasteiger partial charge >= 0.3 is 5.97 Å². The highest BCUT2D eigenvalue weighted by Gasteiger charge is 1.81. The first kappa shape index (κ1) is 1.77. The third-order valence-electron chi connectivity index (χ3n) is 0.135. The summed E-state index contributed by atoms with van der Waals surface area (Å²) in [6.45, 7) is -0.556. The molecule has 0 fully saturated rings. The minimum absolute atomic E-state index is 0.0995. The van der Waals surface area contributed by atoms with Crippen molar-refractivity contribution >= 4 is 5.97 Å². The molecule has 0 aliphatic carbocycles. The maximum atomic E-state index is 9.53. The Kier molecular flexibility index (Phi) is 0.609. The molecular formula is C2H5NO2. The maximum Gasteiger partial charge on any atom is 0.317 e. The normalized spacial score (nSPS) is 13.8. The van der Waals surface area contributed by atoms with Gasteiger partial charge in [-0.25, -0.2) is 0 Å². The number of carboxylic acid groups (broad SMARTS) is 1. The van der Waals surface area contributed by atoms with Gasteiger partial charge in [-0.1, -0.05) is 0 Å². The fraction of sp³-hybridized carbons (Fsp3) is 0.500. The summed E-state index contributed by atoms with van der Waals surface area (Å²) in [5.74, 6) is -1.16. The monoisotopic (exact) mass is 79.0 g/mol. The van der Waals surface area contributed by atoms with E-state index < -0.39 is 12.5 Å². The first-order valence-corrected chi connectivity index (χ1v) is 1.10. The fourth-order valence-corrected chi connectivity index (χ4v) is 0. The number of hydrogen-bond acceptors (Lipinski definition) is 2. The molecule has 3 nitrogen and oxygen atoms in total. The van der Waals surface area contributed by atoms with Crippen molar-refractivity contribution in [2.75, 3.05) is 6.54 Å². The van der Waals surface area contributed by atoms with Crippen molar-refractivity contribution in [3.05, 3.63) is 0 Å². The number of rotatable bonds is 2. The lowest BCUT2D eigenvalue weighted by molar-refractivity contribution is -0.135. The lowest BCUT2D eigenvalue weighted by Gasteiger charge is -1.73. The molecule has 0 aromatic heterocycles. The first-order valence-electron chi connectivity index (χ1n) is 1.99. The zero-order valence-corrected chi connectivity index (χ0v) is 2.51. The van der Waals surface area contributed by atoms with Crippen LogP contribution in [-0.4, -0.2) is 17.6 Å². The summed E-state index contributed by atoms with van der Waals surface area (Å²) < 4.78 is 12.5. The van der Waals surface area contributed by atoms with Crippen LogP contribution in [0.15, 0.2) is 0 Å². The predicted octanol–water partition coefficient (Wildman–Crippen LogP) is -0.970. The zero-order valence-electron chi connectivity index (χ0n) is 4.51. The first-order chi connectivity index (χ1) is 3.13. The van der Waals surface area contributed by atoms with Gasteiger partial charge in [-0.15, -0.1) is 0 Å². The number of carboxylic acids is 1. The lowest BCUT2D eigenvalue weighted by Crippen LogP contribution is -2.10. The second kappa shape index (κ2) is 1.72. The van der Waals surface area contributed by atoms with E-state index in [0.29, 0.717) is 0 Å². The van der Waals surface area contributed by atoms with E-state index in [9.17, 15) is 4.79 Å². The van der Waals surface area contributed by atoms with Crippen molar-refractivity contribution in [2.24, 2.45) is 5.72 Å². The van der Waals surface area contributed by atoms with E-state index in [4.69, 9.17) is 7.93 Å². The van der Waals surface area contributed by atoms with E-state index >= 15 is 0 Å². The number of nitrogens with two attached hydrogens (primary N) is 1. The molecule has 5 heavy (non-hydrogen) atoms. The molecule has 0 aromatic rings.